The molecule has 1 aromatic carbocycles. The van der Waals surface area contributed by atoms with E-state index in [2.05, 4.69) is 10.6 Å². The monoisotopic (exact) mass is 344 g/mol. The number of rotatable bonds is 8. The van der Waals surface area contributed by atoms with Gasteiger partial charge in [0.1, 0.15) is 0 Å². The SMILES string of the molecule is CNC(=O)CNC(=O)COC(=O)CSCc1ccccc1Cl. The molecule has 0 bridgehead atoms. The Kier molecular flexibility index (Phi) is 8.39. The minimum Gasteiger partial charge on any atom is -0.455 e. The molecule has 0 atom stereocenters. The number of likely N-dealkylation sites (N-methyl/N-ethyl adjacent to an activating group) is 1. The van der Waals surface area contributed by atoms with Gasteiger partial charge < -0.3 is 15.4 Å². The summed E-state index contributed by atoms with van der Waals surface area (Å²) in [6.45, 7) is -0.545. The van der Waals surface area contributed by atoms with Gasteiger partial charge in [0.05, 0.1) is 12.3 Å². The van der Waals surface area contributed by atoms with E-state index >= 15 is 0 Å². The van der Waals surface area contributed by atoms with E-state index in [9.17, 15) is 14.4 Å². The molecule has 0 radical (unpaired) electrons. The van der Waals surface area contributed by atoms with E-state index in [1.54, 1.807) is 6.07 Å². The third kappa shape index (κ3) is 7.33. The number of hydrogen-bond acceptors (Lipinski definition) is 5. The first-order valence-electron chi connectivity index (χ1n) is 6.47. The molecule has 0 heterocycles. The van der Waals surface area contributed by atoms with Crippen LogP contribution < -0.4 is 10.6 Å². The van der Waals surface area contributed by atoms with E-state index in [4.69, 9.17) is 16.3 Å². The van der Waals surface area contributed by atoms with Crippen molar-refractivity contribution in [1.82, 2.24) is 10.6 Å². The van der Waals surface area contributed by atoms with Crippen LogP contribution in [-0.2, 0) is 24.9 Å². The number of thioether (sulfide) groups is 1. The van der Waals surface area contributed by atoms with Crippen molar-refractivity contribution in [1.29, 1.82) is 0 Å². The van der Waals surface area contributed by atoms with Crippen LogP contribution in [0.5, 0.6) is 0 Å². The Bertz CT molecular complexity index is 539. The molecule has 1 aromatic rings. The van der Waals surface area contributed by atoms with E-state index in [0.717, 1.165) is 5.56 Å². The van der Waals surface area contributed by atoms with Gasteiger partial charge in [-0.25, -0.2) is 0 Å². The van der Waals surface area contributed by atoms with Gasteiger partial charge in [0.25, 0.3) is 5.91 Å². The van der Waals surface area contributed by atoms with Crippen LogP contribution in [0.3, 0.4) is 0 Å². The van der Waals surface area contributed by atoms with Crippen LogP contribution in [0.1, 0.15) is 5.56 Å². The molecular weight excluding hydrogens is 328 g/mol. The molecule has 2 amide bonds. The van der Waals surface area contributed by atoms with Crippen molar-refractivity contribution in [3.05, 3.63) is 34.9 Å². The molecule has 0 aliphatic rings. The minimum absolute atomic E-state index is 0.119. The fourth-order valence-electron chi connectivity index (χ4n) is 1.37. The molecule has 0 saturated heterocycles. The van der Waals surface area contributed by atoms with Crippen LogP contribution in [0.4, 0.5) is 0 Å². The lowest BCUT2D eigenvalue weighted by atomic mass is 10.2. The zero-order chi connectivity index (χ0) is 16.4. The number of nitrogens with one attached hydrogen (secondary N) is 2. The van der Waals surface area contributed by atoms with Crippen LogP contribution in [0.2, 0.25) is 5.02 Å². The number of carbonyl (C=O) groups is 3. The Morgan fingerprint density at radius 3 is 2.64 bits per heavy atom. The summed E-state index contributed by atoms with van der Waals surface area (Å²) in [6, 6.07) is 7.37. The molecule has 6 nitrogen and oxygen atoms in total. The maximum absolute atomic E-state index is 11.5. The summed E-state index contributed by atoms with van der Waals surface area (Å²) in [7, 11) is 1.46. The summed E-state index contributed by atoms with van der Waals surface area (Å²) < 4.78 is 4.80. The van der Waals surface area contributed by atoms with E-state index in [1.807, 2.05) is 18.2 Å². The van der Waals surface area contributed by atoms with Crippen molar-refractivity contribution in [2.24, 2.45) is 0 Å². The standard InChI is InChI=1S/C14H17ClN2O4S/c1-16-12(18)6-17-13(19)7-21-14(20)9-22-8-10-4-2-3-5-11(10)15/h2-5H,6-9H2,1H3,(H,16,18)(H,17,19). The molecule has 8 heteroatoms. The Balaban J connectivity index is 2.17. The number of benzene rings is 1. The topological polar surface area (TPSA) is 84.5 Å². The van der Waals surface area contributed by atoms with Crippen molar-refractivity contribution >= 4 is 41.1 Å². The fourth-order valence-corrected chi connectivity index (χ4v) is 2.47. The molecule has 0 aliphatic carbocycles. The summed E-state index contributed by atoms with van der Waals surface area (Å²) in [5, 5.41) is 5.33. The summed E-state index contributed by atoms with van der Waals surface area (Å²) in [5.74, 6) is -0.638. The Morgan fingerprint density at radius 2 is 1.95 bits per heavy atom. The summed E-state index contributed by atoms with van der Waals surface area (Å²) in [4.78, 5) is 33.7. The number of halogens is 1. The second-order valence-electron chi connectivity index (χ2n) is 4.19. The lowest BCUT2D eigenvalue weighted by molar-refractivity contribution is -0.146. The van der Waals surface area contributed by atoms with Gasteiger partial charge in [-0.1, -0.05) is 29.8 Å². The Hall–Kier alpha value is -1.73. The highest BCUT2D eigenvalue weighted by Gasteiger charge is 2.09. The second-order valence-corrected chi connectivity index (χ2v) is 5.59. The second kappa shape index (κ2) is 10.1. The van der Waals surface area contributed by atoms with Crippen molar-refractivity contribution < 1.29 is 19.1 Å². The van der Waals surface area contributed by atoms with Gasteiger partial charge in [0.15, 0.2) is 6.61 Å². The highest BCUT2D eigenvalue weighted by molar-refractivity contribution is 7.99. The highest BCUT2D eigenvalue weighted by Crippen LogP contribution is 2.20. The largest absolute Gasteiger partial charge is 0.455 e. The third-order valence-electron chi connectivity index (χ3n) is 2.52. The molecule has 0 fully saturated rings. The molecule has 0 saturated carbocycles. The Morgan fingerprint density at radius 1 is 1.23 bits per heavy atom. The fraction of sp³-hybridized carbons (Fsp3) is 0.357. The van der Waals surface area contributed by atoms with Crippen molar-refractivity contribution in [3.63, 3.8) is 0 Å². The molecular formula is C14H17ClN2O4S. The molecule has 22 heavy (non-hydrogen) atoms. The van der Waals surface area contributed by atoms with Crippen molar-refractivity contribution in [3.8, 4) is 0 Å². The molecule has 1 rings (SSSR count). The zero-order valence-corrected chi connectivity index (χ0v) is 13.6. The number of amides is 2. The lowest BCUT2D eigenvalue weighted by Gasteiger charge is -2.06. The lowest BCUT2D eigenvalue weighted by Crippen LogP contribution is -2.37. The van der Waals surface area contributed by atoms with Crippen LogP contribution in [0.25, 0.3) is 0 Å². The average Bonchev–Trinajstić information content (AvgIpc) is 2.52. The number of ether oxygens (including phenoxy) is 1. The van der Waals surface area contributed by atoms with Gasteiger partial charge in [-0.2, -0.15) is 0 Å². The van der Waals surface area contributed by atoms with Crippen LogP contribution in [0, 0.1) is 0 Å². The molecule has 0 spiro atoms. The molecule has 0 unspecified atom stereocenters. The van der Waals surface area contributed by atoms with Crippen molar-refractivity contribution in [2.45, 2.75) is 5.75 Å². The van der Waals surface area contributed by atoms with Gasteiger partial charge in [0, 0.05) is 17.8 Å². The van der Waals surface area contributed by atoms with Gasteiger partial charge in [0.2, 0.25) is 5.91 Å². The van der Waals surface area contributed by atoms with Gasteiger partial charge in [-0.15, -0.1) is 11.8 Å². The number of carbonyl (C=O) groups excluding carboxylic acids is 3. The Labute approximate surface area is 137 Å². The first kappa shape index (κ1) is 18.3. The van der Waals surface area contributed by atoms with E-state index in [1.165, 1.54) is 18.8 Å². The molecule has 120 valence electrons. The maximum atomic E-state index is 11.5. The molecule has 0 aliphatic heterocycles. The van der Waals surface area contributed by atoms with E-state index in [0.29, 0.717) is 10.8 Å². The molecule has 0 aromatic heterocycles. The van der Waals surface area contributed by atoms with Gasteiger partial charge >= 0.3 is 5.97 Å². The highest BCUT2D eigenvalue weighted by atomic mass is 35.5. The average molecular weight is 345 g/mol. The third-order valence-corrected chi connectivity index (χ3v) is 3.85. The number of esters is 1. The van der Waals surface area contributed by atoms with Gasteiger partial charge in [-0.05, 0) is 11.6 Å². The van der Waals surface area contributed by atoms with Crippen LogP contribution in [0.15, 0.2) is 24.3 Å². The van der Waals surface area contributed by atoms with Crippen molar-refractivity contribution in [2.75, 3.05) is 26.0 Å². The minimum atomic E-state index is -0.520. The molecule has 2 N–H and O–H groups in total. The van der Waals surface area contributed by atoms with Crippen LogP contribution >= 0.6 is 23.4 Å². The first-order valence-corrected chi connectivity index (χ1v) is 8.00. The normalized spacial score (nSPS) is 9.91. The summed E-state index contributed by atoms with van der Waals surface area (Å²) in [6.07, 6.45) is 0. The van der Waals surface area contributed by atoms with Crippen LogP contribution in [-0.4, -0.2) is 43.7 Å². The summed E-state index contributed by atoms with van der Waals surface area (Å²) in [5.41, 5.74) is 0.935. The van der Waals surface area contributed by atoms with E-state index in [-0.39, 0.29) is 18.2 Å². The quantitative estimate of drug-likeness (QED) is 0.687. The van der Waals surface area contributed by atoms with E-state index < -0.39 is 18.5 Å². The maximum Gasteiger partial charge on any atom is 0.316 e. The number of hydrogen-bond donors (Lipinski definition) is 2. The van der Waals surface area contributed by atoms with Gasteiger partial charge in [-0.3, -0.25) is 14.4 Å². The first-order chi connectivity index (χ1) is 10.5. The predicted octanol–water partition coefficient (Wildman–Crippen LogP) is 0.979. The smallest absolute Gasteiger partial charge is 0.316 e. The summed E-state index contributed by atoms with van der Waals surface area (Å²) >= 11 is 7.35. The zero-order valence-electron chi connectivity index (χ0n) is 12.1. The predicted molar refractivity (Wildman–Crippen MR) is 85.6 cm³/mol.